The summed E-state index contributed by atoms with van der Waals surface area (Å²) in [5, 5.41) is 9.00. The minimum Gasteiger partial charge on any atom is -0.347 e. The second-order valence-electron chi connectivity index (χ2n) is 10.6. The van der Waals surface area contributed by atoms with Crippen molar-refractivity contribution in [2.75, 3.05) is 17.3 Å². The van der Waals surface area contributed by atoms with Crippen LogP contribution in [0, 0.1) is 5.92 Å². The van der Waals surface area contributed by atoms with Crippen molar-refractivity contribution in [3.8, 4) is 0 Å². The number of carbonyl (C=O) groups is 3. The standard InChI is InChI=1S/C34H36N4O4/c1-24(35-2)32(40)37-34(42-23-25-13-5-3-6-14-25)20-12-11-16-27(34)22-31(39)38-29-19-10-9-15-26(29)21-30(38)33(41)36-28-17-7-4-8-18-28/h3-20,24,27,30,35H,21-23H2,1-2H3,(H,36,41)(H,37,40)/t24?,27-,30+,34?/m1/s1. The highest BCUT2D eigenvalue weighted by Crippen LogP contribution is 2.36. The third kappa shape index (κ3) is 6.35. The molecule has 0 saturated heterocycles. The van der Waals surface area contributed by atoms with E-state index in [9.17, 15) is 14.4 Å². The van der Waals surface area contributed by atoms with Crippen molar-refractivity contribution in [1.82, 2.24) is 10.6 Å². The Balaban J connectivity index is 1.42. The van der Waals surface area contributed by atoms with Gasteiger partial charge in [0.25, 0.3) is 0 Å². The lowest BCUT2D eigenvalue weighted by Gasteiger charge is -2.40. The van der Waals surface area contributed by atoms with Crippen LogP contribution in [0.5, 0.6) is 0 Å². The Morgan fingerprint density at radius 1 is 0.952 bits per heavy atom. The molecule has 0 radical (unpaired) electrons. The molecule has 42 heavy (non-hydrogen) atoms. The van der Waals surface area contributed by atoms with Crippen molar-refractivity contribution in [1.29, 1.82) is 0 Å². The van der Waals surface area contributed by atoms with Gasteiger partial charge in [0.2, 0.25) is 17.7 Å². The lowest BCUT2D eigenvalue weighted by Crippen LogP contribution is -2.59. The number of amides is 3. The molecule has 0 bridgehead atoms. The Labute approximate surface area is 246 Å². The molecule has 0 fully saturated rings. The monoisotopic (exact) mass is 564 g/mol. The number of hydrogen-bond donors (Lipinski definition) is 3. The normalized spacial score (nSPS) is 21.4. The van der Waals surface area contributed by atoms with E-state index in [1.54, 1.807) is 24.9 Å². The van der Waals surface area contributed by atoms with Crippen LogP contribution in [-0.4, -0.2) is 42.6 Å². The second kappa shape index (κ2) is 13.0. The first kappa shape index (κ1) is 29.0. The average molecular weight is 565 g/mol. The number of benzene rings is 3. The van der Waals surface area contributed by atoms with Gasteiger partial charge in [0.1, 0.15) is 6.04 Å². The van der Waals surface area contributed by atoms with Gasteiger partial charge in [0.15, 0.2) is 5.72 Å². The Hall–Kier alpha value is -4.53. The first-order valence-corrected chi connectivity index (χ1v) is 14.2. The van der Waals surface area contributed by atoms with Gasteiger partial charge in [-0.05, 0) is 49.4 Å². The maximum Gasteiger partial charge on any atom is 0.247 e. The van der Waals surface area contributed by atoms with E-state index in [2.05, 4.69) is 16.0 Å². The number of nitrogens with zero attached hydrogens (tertiary/aromatic N) is 1. The first-order chi connectivity index (χ1) is 20.4. The highest BCUT2D eigenvalue weighted by molar-refractivity contribution is 6.07. The van der Waals surface area contributed by atoms with Crippen LogP contribution in [0.4, 0.5) is 11.4 Å². The molecule has 4 atom stereocenters. The zero-order chi connectivity index (χ0) is 29.5. The topological polar surface area (TPSA) is 99.8 Å². The van der Waals surface area contributed by atoms with E-state index < -0.39 is 23.7 Å². The molecule has 2 aliphatic rings. The summed E-state index contributed by atoms with van der Waals surface area (Å²) in [5.41, 5.74) is 1.98. The van der Waals surface area contributed by atoms with E-state index >= 15 is 0 Å². The number of fused-ring (bicyclic) bond motifs is 1. The van der Waals surface area contributed by atoms with Gasteiger partial charge in [-0.25, -0.2) is 0 Å². The second-order valence-corrected chi connectivity index (χ2v) is 10.6. The van der Waals surface area contributed by atoms with Crippen LogP contribution in [0.15, 0.2) is 109 Å². The highest BCUT2D eigenvalue weighted by atomic mass is 16.5. The number of anilines is 2. The minimum absolute atomic E-state index is 0.00724. The fourth-order valence-electron chi connectivity index (χ4n) is 5.36. The quantitative estimate of drug-likeness (QED) is 0.318. The average Bonchev–Trinajstić information content (AvgIpc) is 3.42. The van der Waals surface area contributed by atoms with Crippen LogP contribution in [0.2, 0.25) is 0 Å². The molecule has 0 spiro atoms. The lowest BCUT2D eigenvalue weighted by atomic mass is 9.86. The first-order valence-electron chi connectivity index (χ1n) is 14.2. The Kier molecular flexibility index (Phi) is 8.95. The van der Waals surface area contributed by atoms with Crippen molar-refractivity contribution in [2.24, 2.45) is 5.92 Å². The van der Waals surface area contributed by atoms with E-state index in [1.165, 1.54) is 0 Å². The summed E-state index contributed by atoms with van der Waals surface area (Å²) in [4.78, 5) is 42.5. The number of hydrogen-bond acceptors (Lipinski definition) is 5. The molecule has 3 N–H and O–H groups in total. The largest absolute Gasteiger partial charge is 0.347 e. The van der Waals surface area contributed by atoms with Gasteiger partial charge in [-0.15, -0.1) is 0 Å². The Bertz CT molecular complexity index is 1470. The van der Waals surface area contributed by atoms with Crippen LogP contribution >= 0.6 is 0 Å². The summed E-state index contributed by atoms with van der Waals surface area (Å²) in [6, 6.07) is 25.3. The maximum absolute atomic E-state index is 14.2. The van der Waals surface area contributed by atoms with Crippen molar-refractivity contribution in [3.63, 3.8) is 0 Å². The van der Waals surface area contributed by atoms with Crippen LogP contribution in [0.1, 0.15) is 24.5 Å². The van der Waals surface area contributed by atoms with Crippen molar-refractivity contribution in [2.45, 2.75) is 44.2 Å². The zero-order valence-electron chi connectivity index (χ0n) is 23.8. The number of ether oxygens (including phenoxy) is 1. The van der Waals surface area contributed by atoms with E-state index in [-0.39, 0.29) is 30.7 Å². The summed E-state index contributed by atoms with van der Waals surface area (Å²) >= 11 is 0. The predicted octanol–water partition coefficient (Wildman–Crippen LogP) is 4.35. The van der Waals surface area contributed by atoms with Crippen molar-refractivity contribution >= 4 is 29.1 Å². The van der Waals surface area contributed by atoms with Gasteiger partial charge in [-0.3, -0.25) is 19.3 Å². The number of para-hydroxylation sites is 2. The fraction of sp³-hybridized carbons (Fsp3) is 0.265. The number of likely N-dealkylation sites (N-methyl/N-ethyl adjacent to an activating group) is 1. The van der Waals surface area contributed by atoms with Crippen molar-refractivity contribution in [3.05, 3.63) is 120 Å². The fourth-order valence-corrected chi connectivity index (χ4v) is 5.36. The van der Waals surface area contributed by atoms with Gasteiger partial charge in [0, 0.05) is 30.1 Å². The summed E-state index contributed by atoms with van der Waals surface area (Å²) in [5.74, 6) is -1.28. The summed E-state index contributed by atoms with van der Waals surface area (Å²) < 4.78 is 6.47. The van der Waals surface area contributed by atoms with Gasteiger partial charge >= 0.3 is 0 Å². The molecular formula is C34H36N4O4. The van der Waals surface area contributed by atoms with E-state index in [1.807, 2.05) is 103 Å². The molecule has 1 aliphatic carbocycles. The molecule has 1 aliphatic heterocycles. The molecule has 3 amide bonds. The van der Waals surface area contributed by atoms with Gasteiger partial charge < -0.3 is 20.7 Å². The van der Waals surface area contributed by atoms with Crippen LogP contribution < -0.4 is 20.9 Å². The molecule has 216 valence electrons. The van der Waals surface area contributed by atoms with E-state index in [4.69, 9.17) is 4.74 Å². The molecule has 8 nitrogen and oxygen atoms in total. The maximum atomic E-state index is 14.2. The van der Waals surface area contributed by atoms with Gasteiger partial charge in [0.05, 0.1) is 12.6 Å². The van der Waals surface area contributed by atoms with E-state index in [0.29, 0.717) is 12.1 Å². The molecular weight excluding hydrogens is 528 g/mol. The number of allylic oxidation sites excluding steroid dienone is 2. The molecule has 0 aromatic heterocycles. The number of rotatable bonds is 10. The predicted molar refractivity (Wildman–Crippen MR) is 164 cm³/mol. The molecule has 3 aromatic rings. The molecule has 5 rings (SSSR count). The van der Waals surface area contributed by atoms with E-state index in [0.717, 1.165) is 16.8 Å². The SMILES string of the molecule is CNC(C)C(=O)NC1(OCc2ccccc2)C=CC=C[C@@H]1CC(=O)N1c2ccccc2C[C@H]1C(=O)Nc1ccccc1. The molecule has 1 heterocycles. The van der Waals surface area contributed by atoms with Crippen molar-refractivity contribution < 1.29 is 19.1 Å². The van der Waals surface area contributed by atoms with Crippen LogP contribution in [-0.2, 0) is 32.1 Å². The number of nitrogens with one attached hydrogen (secondary N) is 3. The summed E-state index contributed by atoms with van der Waals surface area (Å²) in [6.45, 7) is 1.99. The zero-order valence-corrected chi connectivity index (χ0v) is 23.8. The van der Waals surface area contributed by atoms with Gasteiger partial charge in [-0.2, -0.15) is 0 Å². The van der Waals surface area contributed by atoms with Crippen LogP contribution in [0.3, 0.4) is 0 Å². The third-order valence-corrected chi connectivity index (χ3v) is 7.80. The minimum atomic E-state index is -1.27. The highest BCUT2D eigenvalue weighted by Gasteiger charge is 2.44. The van der Waals surface area contributed by atoms with Gasteiger partial charge in [-0.1, -0.05) is 85.0 Å². The third-order valence-electron chi connectivity index (χ3n) is 7.80. The Morgan fingerprint density at radius 2 is 1.64 bits per heavy atom. The smallest absolute Gasteiger partial charge is 0.247 e. The lowest BCUT2D eigenvalue weighted by molar-refractivity contribution is -0.139. The summed E-state index contributed by atoms with van der Waals surface area (Å²) in [6.07, 6.45) is 7.77. The Morgan fingerprint density at radius 3 is 2.38 bits per heavy atom. The summed E-state index contributed by atoms with van der Waals surface area (Å²) in [7, 11) is 1.71. The molecule has 2 unspecified atom stereocenters. The molecule has 8 heteroatoms. The molecule has 0 saturated carbocycles. The number of carbonyl (C=O) groups excluding carboxylic acids is 3. The molecule has 3 aromatic carbocycles. The van der Waals surface area contributed by atoms with Crippen LogP contribution in [0.25, 0.3) is 0 Å².